The van der Waals surface area contributed by atoms with Crippen LogP contribution in [0.2, 0.25) is 0 Å². The number of hydrogen-bond donors (Lipinski definition) is 2. The Balaban J connectivity index is 1.57. The van der Waals surface area contributed by atoms with E-state index in [1.807, 2.05) is 62.4 Å². The van der Waals surface area contributed by atoms with Gasteiger partial charge in [0, 0.05) is 0 Å². The summed E-state index contributed by atoms with van der Waals surface area (Å²) in [5.74, 6) is 0.255. The van der Waals surface area contributed by atoms with Crippen LogP contribution < -0.4 is 20.3 Å². The molecule has 3 aromatic rings. The number of hydrazone groups is 2. The molecular weight excluding hydrogens is 448 g/mol. The summed E-state index contributed by atoms with van der Waals surface area (Å²) in [4.78, 5) is 24.8. The van der Waals surface area contributed by atoms with Crippen LogP contribution in [0.25, 0.3) is 0 Å². The highest BCUT2D eigenvalue weighted by molar-refractivity contribution is 6.02. The summed E-state index contributed by atoms with van der Waals surface area (Å²) in [6, 6.07) is 17.5. The van der Waals surface area contributed by atoms with Gasteiger partial charge in [-0.2, -0.15) is 10.2 Å². The Labute approximate surface area is 203 Å². The lowest BCUT2D eigenvalue weighted by Crippen LogP contribution is -2.20. The fourth-order valence-electron chi connectivity index (χ4n) is 3.01. The van der Waals surface area contributed by atoms with Crippen LogP contribution in [0.5, 0.6) is 11.5 Å². The molecule has 0 aliphatic rings. The summed E-state index contributed by atoms with van der Waals surface area (Å²) >= 11 is 0. The molecule has 1 aromatic heterocycles. The lowest BCUT2D eigenvalue weighted by atomic mass is 10.1. The molecule has 1 heterocycles. The van der Waals surface area contributed by atoms with Crippen molar-refractivity contribution in [3.63, 3.8) is 0 Å². The van der Waals surface area contributed by atoms with Crippen LogP contribution in [-0.2, 0) is 0 Å². The van der Waals surface area contributed by atoms with E-state index in [2.05, 4.69) is 21.1 Å². The van der Waals surface area contributed by atoms with E-state index < -0.39 is 11.8 Å². The Morgan fingerprint density at radius 3 is 1.40 bits per heavy atom. The zero-order valence-electron chi connectivity index (χ0n) is 20.1. The zero-order valence-corrected chi connectivity index (χ0v) is 20.1. The Morgan fingerprint density at radius 2 is 1.06 bits per heavy atom. The predicted molar refractivity (Wildman–Crippen MR) is 133 cm³/mol. The SMILES string of the molecule is CCOc1ccc(C(C)=NNC(=O)c2ccc(C(=O)NN=C(C)c3ccc(OCC)cc3)o2)cc1. The molecule has 2 N–H and O–H groups in total. The quantitative estimate of drug-likeness (QED) is 0.333. The molecule has 0 unspecified atom stereocenters. The zero-order chi connectivity index (χ0) is 25.2. The monoisotopic (exact) mass is 476 g/mol. The summed E-state index contributed by atoms with van der Waals surface area (Å²) in [7, 11) is 0. The Morgan fingerprint density at radius 1 is 0.686 bits per heavy atom. The fourth-order valence-corrected chi connectivity index (χ4v) is 3.01. The van der Waals surface area contributed by atoms with Gasteiger partial charge in [0.05, 0.1) is 24.6 Å². The highest BCUT2D eigenvalue weighted by Crippen LogP contribution is 2.14. The maximum atomic E-state index is 12.4. The first-order chi connectivity index (χ1) is 16.9. The number of benzene rings is 2. The molecule has 3 rings (SSSR count). The van der Waals surface area contributed by atoms with Crippen molar-refractivity contribution in [2.75, 3.05) is 13.2 Å². The molecule has 0 radical (unpaired) electrons. The van der Waals surface area contributed by atoms with Crippen LogP contribution in [0.1, 0.15) is 59.9 Å². The highest BCUT2D eigenvalue weighted by Gasteiger charge is 2.15. The van der Waals surface area contributed by atoms with Gasteiger partial charge >= 0.3 is 11.8 Å². The highest BCUT2D eigenvalue weighted by atomic mass is 16.5. The van der Waals surface area contributed by atoms with Crippen molar-refractivity contribution in [2.24, 2.45) is 10.2 Å². The normalized spacial score (nSPS) is 11.7. The first-order valence-electron chi connectivity index (χ1n) is 11.2. The summed E-state index contributed by atoms with van der Waals surface area (Å²) < 4.78 is 16.2. The Kier molecular flexibility index (Phi) is 8.77. The van der Waals surface area contributed by atoms with Crippen LogP contribution in [0, 0.1) is 0 Å². The van der Waals surface area contributed by atoms with Crippen molar-refractivity contribution in [1.29, 1.82) is 0 Å². The van der Waals surface area contributed by atoms with E-state index in [9.17, 15) is 9.59 Å². The molecule has 2 aromatic carbocycles. The number of hydrogen-bond acceptors (Lipinski definition) is 7. The van der Waals surface area contributed by atoms with Gasteiger partial charge in [-0.3, -0.25) is 9.59 Å². The van der Waals surface area contributed by atoms with Gasteiger partial charge in [-0.25, -0.2) is 10.9 Å². The summed E-state index contributed by atoms with van der Waals surface area (Å²) in [5.41, 5.74) is 7.72. The van der Waals surface area contributed by atoms with E-state index in [1.165, 1.54) is 12.1 Å². The third-order valence-electron chi connectivity index (χ3n) is 4.87. The average molecular weight is 477 g/mol. The first-order valence-corrected chi connectivity index (χ1v) is 11.2. The topological polar surface area (TPSA) is 115 Å². The molecule has 2 amide bonds. The molecule has 0 spiro atoms. The number of carbonyl (C=O) groups excluding carboxylic acids is 2. The van der Waals surface area contributed by atoms with Crippen LogP contribution >= 0.6 is 0 Å². The third-order valence-corrected chi connectivity index (χ3v) is 4.87. The maximum absolute atomic E-state index is 12.4. The first kappa shape index (κ1) is 25.2. The third kappa shape index (κ3) is 7.04. The van der Waals surface area contributed by atoms with Gasteiger partial charge in [-0.1, -0.05) is 0 Å². The fraction of sp³-hybridized carbons (Fsp3) is 0.231. The summed E-state index contributed by atoms with van der Waals surface area (Å²) in [6.45, 7) is 8.53. The molecular formula is C26H28N4O5. The van der Waals surface area contributed by atoms with Crippen LogP contribution in [0.15, 0.2) is 75.3 Å². The number of ether oxygens (including phenoxy) is 2. The van der Waals surface area contributed by atoms with Crippen molar-refractivity contribution in [3.8, 4) is 11.5 Å². The maximum Gasteiger partial charge on any atom is 0.307 e. The number of nitrogens with one attached hydrogen (secondary N) is 2. The van der Waals surface area contributed by atoms with Gasteiger partial charge in [-0.15, -0.1) is 0 Å². The minimum absolute atomic E-state index is 0.0504. The van der Waals surface area contributed by atoms with Gasteiger partial charge in [0.1, 0.15) is 11.5 Å². The molecule has 0 bridgehead atoms. The lowest BCUT2D eigenvalue weighted by molar-refractivity contribution is 0.0902. The second-order valence-electron chi connectivity index (χ2n) is 7.35. The smallest absolute Gasteiger partial charge is 0.307 e. The van der Waals surface area contributed by atoms with Crippen molar-refractivity contribution >= 4 is 23.2 Å². The van der Waals surface area contributed by atoms with Gasteiger partial charge in [0.2, 0.25) is 0 Å². The molecule has 0 saturated heterocycles. The minimum Gasteiger partial charge on any atom is -0.494 e. The molecule has 35 heavy (non-hydrogen) atoms. The number of nitrogens with zero attached hydrogens (tertiary/aromatic N) is 2. The van der Waals surface area contributed by atoms with Crippen molar-refractivity contribution in [3.05, 3.63) is 83.3 Å². The van der Waals surface area contributed by atoms with E-state index >= 15 is 0 Å². The predicted octanol–water partition coefficient (Wildman–Crippen LogP) is 4.39. The number of carbonyl (C=O) groups is 2. The molecule has 9 nitrogen and oxygen atoms in total. The molecule has 0 atom stereocenters. The van der Waals surface area contributed by atoms with E-state index in [4.69, 9.17) is 13.9 Å². The van der Waals surface area contributed by atoms with Gasteiger partial charge in [0.25, 0.3) is 0 Å². The Hall–Kier alpha value is -4.40. The van der Waals surface area contributed by atoms with E-state index in [1.54, 1.807) is 13.8 Å². The van der Waals surface area contributed by atoms with Gasteiger partial charge in [-0.05, 0) is 99.5 Å². The van der Waals surface area contributed by atoms with Crippen molar-refractivity contribution in [1.82, 2.24) is 10.9 Å². The van der Waals surface area contributed by atoms with Crippen molar-refractivity contribution in [2.45, 2.75) is 27.7 Å². The molecule has 0 fully saturated rings. The largest absolute Gasteiger partial charge is 0.494 e. The molecule has 0 saturated carbocycles. The van der Waals surface area contributed by atoms with Gasteiger partial charge < -0.3 is 13.9 Å². The standard InChI is InChI=1S/C26H28N4O5/c1-5-33-21-11-7-19(8-12-21)17(3)27-29-25(31)23-15-16-24(35-23)26(32)30-28-18(4)20-9-13-22(14-10-20)34-6-2/h7-16H,5-6H2,1-4H3,(H,29,31)(H,30,32). The summed E-state index contributed by atoms with van der Waals surface area (Å²) in [6.07, 6.45) is 0. The van der Waals surface area contributed by atoms with E-state index in [-0.39, 0.29) is 11.5 Å². The van der Waals surface area contributed by atoms with Crippen LogP contribution in [0.3, 0.4) is 0 Å². The molecule has 9 heteroatoms. The van der Waals surface area contributed by atoms with Crippen molar-refractivity contribution < 1.29 is 23.5 Å². The van der Waals surface area contributed by atoms with E-state index in [0.29, 0.717) is 24.6 Å². The Bertz CT molecular complexity index is 1120. The molecule has 182 valence electrons. The summed E-state index contributed by atoms with van der Waals surface area (Å²) in [5, 5.41) is 8.19. The van der Waals surface area contributed by atoms with Gasteiger partial charge in [0.15, 0.2) is 11.5 Å². The van der Waals surface area contributed by atoms with E-state index in [0.717, 1.165) is 22.6 Å². The minimum atomic E-state index is -0.580. The lowest BCUT2D eigenvalue weighted by Gasteiger charge is -2.05. The second kappa shape index (κ2) is 12.2. The average Bonchev–Trinajstić information content (AvgIpc) is 3.37. The number of furan rings is 1. The molecule has 0 aliphatic heterocycles. The number of amides is 2. The van der Waals surface area contributed by atoms with Crippen LogP contribution in [-0.4, -0.2) is 36.5 Å². The number of rotatable bonds is 10. The second-order valence-corrected chi connectivity index (χ2v) is 7.35. The molecule has 0 aliphatic carbocycles. The van der Waals surface area contributed by atoms with Crippen LogP contribution in [0.4, 0.5) is 0 Å².